The van der Waals surface area contributed by atoms with Crippen LogP contribution in [0.25, 0.3) is 0 Å². The molecular formula is C16H20N4O2. The summed E-state index contributed by atoms with van der Waals surface area (Å²) >= 11 is 0. The monoisotopic (exact) mass is 300 g/mol. The number of hydrogen-bond donors (Lipinski definition) is 0. The lowest BCUT2D eigenvalue weighted by Crippen LogP contribution is -2.50. The van der Waals surface area contributed by atoms with Gasteiger partial charge in [0.05, 0.1) is 0 Å². The van der Waals surface area contributed by atoms with Crippen molar-refractivity contribution in [2.75, 3.05) is 37.7 Å². The molecule has 1 amide bonds. The number of anilines is 1. The summed E-state index contributed by atoms with van der Waals surface area (Å²) in [6.07, 6.45) is 3.72. The van der Waals surface area contributed by atoms with Gasteiger partial charge < -0.3 is 19.1 Å². The first-order chi connectivity index (χ1) is 10.7. The number of ether oxygens (including phenoxy) is 1. The molecule has 0 atom stereocenters. The second kappa shape index (κ2) is 6.51. The van der Waals surface area contributed by atoms with E-state index in [9.17, 15) is 4.79 Å². The highest BCUT2D eigenvalue weighted by atomic mass is 16.5. The van der Waals surface area contributed by atoms with Crippen molar-refractivity contribution in [3.63, 3.8) is 0 Å². The molecule has 1 aliphatic heterocycles. The van der Waals surface area contributed by atoms with E-state index in [1.165, 1.54) is 0 Å². The van der Waals surface area contributed by atoms with Gasteiger partial charge >= 0.3 is 0 Å². The van der Waals surface area contributed by atoms with Gasteiger partial charge in [-0.25, -0.2) is 4.98 Å². The fourth-order valence-electron chi connectivity index (χ4n) is 2.57. The maximum Gasteiger partial charge on any atom is 0.260 e. The van der Waals surface area contributed by atoms with Crippen LogP contribution in [-0.4, -0.2) is 53.1 Å². The molecule has 1 aliphatic rings. The third-order valence-electron chi connectivity index (χ3n) is 3.82. The van der Waals surface area contributed by atoms with Gasteiger partial charge in [0.15, 0.2) is 6.61 Å². The first-order valence-electron chi connectivity index (χ1n) is 7.42. The summed E-state index contributed by atoms with van der Waals surface area (Å²) in [6, 6.07) is 9.42. The van der Waals surface area contributed by atoms with Crippen molar-refractivity contribution in [2.24, 2.45) is 7.05 Å². The van der Waals surface area contributed by atoms with Gasteiger partial charge in [-0.2, -0.15) is 0 Å². The predicted octanol–water partition coefficient (Wildman–Crippen LogP) is 1.15. The number of benzene rings is 1. The molecule has 0 bridgehead atoms. The Bertz CT molecular complexity index is 618. The summed E-state index contributed by atoms with van der Waals surface area (Å²) in [5.74, 6) is 1.71. The molecule has 0 spiro atoms. The van der Waals surface area contributed by atoms with Gasteiger partial charge in [0.25, 0.3) is 5.91 Å². The normalized spacial score (nSPS) is 15.0. The number of imidazole rings is 1. The zero-order valence-corrected chi connectivity index (χ0v) is 12.7. The summed E-state index contributed by atoms with van der Waals surface area (Å²) in [5.41, 5.74) is 0. The predicted molar refractivity (Wildman–Crippen MR) is 83.9 cm³/mol. The van der Waals surface area contributed by atoms with Crippen molar-refractivity contribution in [3.8, 4) is 5.75 Å². The van der Waals surface area contributed by atoms with Gasteiger partial charge in [-0.3, -0.25) is 4.79 Å². The smallest absolute Gasteiger partial charge is 0.260 e. The average molecular weight is 300 g/mol. The van der Waals surface area contributed by atoms with Gasteiger partial charge in [0, 0.05) is 45.6 Å². The number of para-hydroxylation sites is 1. The minimum atomic E-state index is 0.0309. The summed E-state index contributed by atoms with van der Waals surface area (Å²) < 4.78 is 7.51. The van der Waals surface area contributed by atoms with E-state index in [0.29, 0.717) is 13.1 Å². The van der Waals surface area contributed by atoms with Crippen LogP contribution in [0.5, 0.6) is 5.75 Å². The van der Waals surface area contributed by atoms with Crippen LogP contribution >= 0.6 is 0 Å². The molecular weight excluding hydrogens is 280 g/mol. The molecule has 22 heavy (non-hydrogen) atoms. The molecule has 1 saturated heterocycles. The maximum atomic E-state index is 12.2. The topological polar surface area (TPSA) is 50.6 Å². The molecule has 0 radical (unpaired) electrons. The van der Waals surface area contributed by atoms with E-state index in [-0.39, 0.29) is 12.5 Å². The van der Waals surface area contributed by atoms with Crippen LogP contribution in [0.1, 0.15) is 0 Å². The number of nitrogens with zero attached hydrogens (tertiary/aromatic N) is 4. The Morgan fingerprint density at radius 2 is 1.91 bits per heavy atom. The highest BCUT2D eigenvalue weighted by Gasteiger charge is 2.23. The number of carbonyl (C=O) groups is 1. The van der Waals surface area contributed by atoms with Crippen LogP contribution in [0.15, 0.2) is 42.7 Å². The Hall–Kier alpha value is -2.50. The average Bonchev–Trinajstić information content (AvgIpc) is 3.00. The van der Waals surface area contributed by atoms with E-state index in [1.807, 2.05) is 53.0 Å². The van der Waals surface area contributed by atoms with Gasteiger partial charge in [0.1, 0.15) is 5.75 Å². The minimum absolute atomic E-state index is 0.0309. The minimum Gasteiger partial charge on any atom is -0.484 e. The Morgan fingerprint density at radius 3 is 2.55 bits per heavy atom. The third-order valence-corrected chi connectivity index (χ3v) is 3.82. The Morgan fingerprint density at radius 1 is 1.18 bits per heavy atom. The zero-order chi connectivity index (χ0) is 15.4. The number of hydrogen-bond acceptors (Lipinski definition) is 4. The lowest BCUT2D eigenvalue weighted by Gasteiger charge is -2.35. The van der Waals surface area contributed by atoms with E-state index in [0.717, 1.165) is 24.8 Å². The lowest BCUT2D eigenvalue weighted by molar-refractivity contribution is -0.133. The van der Waals surface area contributed by atoms with Crippen molar-refractivity contribution in [1.82, 2.24) is 14.5 Å². The van der Waals surface area contributed by atoms with Gasteiger partial charge in [-0.05, 0) is 12.1 Å². The summed E-state index contributed by atoms with van der Waals surface area (Å²) in [7, 11) is 1.98. The molecule has 0 aliphatic carbocycles. The quantitative estimate of drug-likeness (QED) is 0.850. The SMILES string of the molecule is Cn1ccnc1N1CCN(C(=O)COc2ccccc2)CC1. The molecule has 116 valence electrons. The van der Waals surface area contributed by atoms with Gasteiger partial charge in [-0.15, -0.1) is 0 Å². The van der Waals surface area contributed by atoms with Crippen molar-refractivity contribution in [1.29, 1.82) is 0 Å². The van der Waals surface area contributed by atoms with Crippen LogP contribution < -0.4 is 9.64 Å². The summed E-state index contributed by atoms with van der Waals surface area (Å²) in [6.45, 7) is 3.07. The molecule has 0 unspecified atom stereocenters. The molecule has 1 aromatic heterocycles. The Kier molecular flexibility index (Phi) is 4.27. The van der Waals surface area contributed by atoms with Crippen LogP contribution in [0.2, 0.25) is 0 Å². The van der Waals surface area contributed by atoms with Crippen molar-refractivity contribution < 1.29 is 9.53 Å². The number of piperazine rings is 1. The second-order valence-electron chi connectivity index (χ2n) is 5.31. The molecule has 0 saturated carbocycles. The highest BCUT2D eigenvalue weighted by molar-refractivity contribution is 5.78. The molecule has 0 N–H and O–H groups in total. The van der Waals surface area contributed by atoms with Crippen molar-refractivity contribution in [3.05, 3.63) is 42.7 Å². The van der Waals surface area contributed by atoms with Crippen LogP contribution in [0.4, 0.5) is 5.95 Å². The third kappa shape index (κ3) is 3.21. The first kappa shape index (κ1) is 14.4. The fraction of sp³-hybridized carbons (Fsp3) is 0.375. The lowest BCUT2D eigenvalue weighted by atomic mass is 10.3. The van der Waals surface area contributed by atoms with Gasteiger partial charge in [-0.1, -0.05) is 18.2 Å². The molecule has 2 aromatic rings. The number of aromatic nitrogens is 2. The maximum absolute atomic E-state index is 12.2. The molecule has 6 heteroatoms. The molecule has 6 nitrogen and oxygen atoms in total. The molecule has 1 fully saturated rings. The van der Waals surface area contributed by atoms with E-state index in [4.69, 9.17) is 4.74 Å². The molecule has 3 rings (SSSR count). The first-order valence-corrected chi connectivity index (χ1v) is 7.42. The highest BCUT2D eigenvalue weighted by Crippen LogP contribution is 2.13. The number of amides is 1. The molecule has 2 heterocycles. The van der Waals surface area contributed by atoms with Crippen LogP contribution in [0, 0.1) is 0 Å². The molecule has 1 aromatic carbocycles. The Labute approximate surface area is 129 Å². The second-order valence-corrected chi connectivity index (χ2v) is 5.31. The zero-order valence-electron chi connectivity index (χ0n) is 12.7. The standard InChI is InChI=1S/C16H20N4O2/c1-18-8-7-17-16(18)20-11-9-19(10-12-20)15(21)13-22-14-5-3-2-4-6-14/h2-8H,9-13H2,1H3. The number of aryl methyl sites for hydroxylation is 1. The van der Waals surface area contributed by atoms with E-state index >= 15 is 0 Å². The van der Waals surface area contributed by atoms with Crippen LogP contribution in [-0.2, 0) is 11.8 Å². The summed E-state index contributed by atoms with van der Waals surface area (Å²) in [4.78, 5) is 20.6. The van der Waals surface area contributed by atoms with E-state index < -0.39 is 0 Å². The van der Waals surface area contributed by atoms with Crippen LogP contribution in [0.3, 0.4) is 0 Å². The van der Waals surface area contributed by atoms with E-state index in [1.54, 1.807) is 6.20 Å². The van der Waals surface area contributed by atoms with Crippen molar-refractivity contribution >= 4 is 11.9 Å². The van der Waals surface area contributed by atoms with Gasteiger partial charge in [0.2, 0.25) is 5.95 Å². The largest absolute Gasteiger partial charge is 0.484 e. The van der Waals surface area contributed by atoms with E-state index in [2.05, 4.69) is 9.88 Å². The number of rotatable bonds is 4. The summed E-state index contributed by atoms with van der Waals surface area (Å²) in [5, 5.41) is 0. The Balaban J connectivity index is 1.49. The fourth-order valence-corrected chi connectivity index (χ4v) is 2.57. The van der Waals surface area contributed by atoms with Crippen molar-refractivity contribution in [2.45, 2.75) is 0 Å². The number of carbonyl (C=O) groups excluding carboxylic acids is 1.